The molecule has 0 fully saturated rings. The van der Waals surface area contributed by atoms with Crippen molar-refractivity contribution in [3.05, 3.63) is 100 Å². The molecule has 4 rings (SSSR count). The summed E-state index contributed by atoms with van der Waals surface area (Å²) >= 11 is 0. The zero-order chi connectivity index (χ0) is 21.8. The number of rotatable bonds is 7. The molecular weight excluding hydrogens is 403 g/mol. The molecule has 3 aromatic carbocycles. The van der Waals surface area contributed by atoms with Crippen LogP contribution in [0.5, 0.6) is 5.75 Å². The normalized spacial score (nSPS) is 11.7. The maximum Gasteiger partial charge on any atom is 0.271 e. The fourth-order valence-electron chi connectivity index (χ4n) is 3.11. The van der Waals surface area contributed by atoms with Gasteiger partial charge in [0.25, 0.3) is 5.69 Å². The Hall–Kier alpha value is -4.27. The number of methoxy groups -OCH3 is 1. The highest BCUT2D eigenvalue weighted by molar-refractivity contribution is 5.63. The van der Waals surface area contributed by atoms with Crippen molar-refractivity contribution >= 4 is 11.4 Å². The Morgan fingerprint density at radius 1 is 1.06 bits per heavy atom. The van der Waals surface area contributed by atoms with Crippen LogP contribution in [0.3, 0.4) is 0 Å². The van der Waals surface area contributed by atoms with Gasteiger partial charge in [-0.3, -0.25) is 10.1 Å². The molecule has 0 aliphatic heterocycles. The lowest BCUT2D eigenvalue weighted by Crippen LogP contribution is -2.15. The molecule has 156 valence electrons. The van der Waals surface area contributed by atoms with E-state index in [-0.39, 0.29) is 28.7 Å². The molecule has 1 aromatic heterocycles. The van der Waals surface area contributed by atoms with Gasteiger partial charge < -0.3 is 14.5 Å². The fraction of sp³-hybridized carbons (Fsp3) is 0.0909. The number of aromatic nitrogens is 2. The van der Waals surface area contributed by atoms with Gasteiger partial charge in [0.1, 0.15) is 17.6 Å². The minimum absolute atomic E-state index is 0.0949. The van der Waals surface area contributed by atoms with Gasteiger partial charge in [-0.1, -0.05) is 36.4 Å². The summed E-state index contributed by atoms with van der Waals surface area (Å²) in [5.41, 5.74) is 1.08. The van der Waals surface area contributed by atoms with Crippen molar-refractivity contribution in [3.8, 4) is 17.2 Å². The van der Waals surface area contributed by atoms with E-state index in [0.717, 1.165) is 0 Å². The Bertz CT molecular complexity index is 1210. The molecule has 0 saturated heterocycles. The summed E-state index contributed by atoms with van der Waals surface area (Å²) in [4.78, 5) is 10.7. The number of nitro groups is 1. The minimum Gasteiger partial charge on any atom is -0.495 e. The zero-order valence-electron chi connectivity index (χ0n) is 16.4. The first-order valence-electron chi connectivity index (χ1n) is 9.29. The molecule has 1 N–H and O–H groups in total. The number of ether oxygens (including phenoxy) is 1. The van der Waals surface area contributed by atoms with Crippen molar-refractivity contribution in [1.29, 1.82) is 0 Å². The van der Waals surface area contributed by atoms with Crippen LogP contribution < -0.4 is 10.1 Å². The van der Waals surface area contributed by atoms with E-state index >= 15 is 0 Å². The summed E-state index contributed by atoms with van der Waals surface area (Å²) < 4.78 is 25.8. The van der Waals surface area contributed by atoms with Crippen molar-refractivity contribution in [2.75, 3.05) is 12.4 Å². The maximum absolute atomic E-state index is 14.7. The first-order valence-corrected chi connectivity index (χ1v) is 9.29. The number of hydrogen-bond donors (Lipinski definition) is 1. The second kappa shape index (κ2) is 8.62. The van der Waals surface area contributed by atoms with E-state index in [1.165, 1.54) is 31.4 Å². The van der Waals surface area contributed by atoms with E-state index in [1.807, 2.05) is 30.3 Å². The first-order chi connectivity index (χ1) is 15.1. The van der Waals surface area contributed by atoms with E-state index in [9.17, 15) is 14.5 Å². The van der Waals surface area contributed by atoms with Gasteiger partial charge in [0.05, 0.1) is 17.7 Å². The topological polar surface area (TPSA) is 103 Å². The summed E-state index contributed by atoms with van der Waals surface area (Å²) in [6.45, 7) is 0. The number of anilines is 1. The molecular formula is C22H17FN4O4. The summed E-state index contributed by atoms with van der Waals surface area (Å²) in [6, 6.07) is 18.4. The number of nitrogens with zero attached hydrogens (tertiary/aromatic N) is 3. The van der Waals surface area contributed by atoms with Gasteiger partial charge in [0.15, 0.2) is 0 Å². The number of halogens is 1. The standard InChI is InChI=1S/C22H17FN4O4/c1-30-19-12-11-15(27(28)29)13-18(19)24-20(16-9-5-6-10-17(16)23)22-26-25-21(31-22)14-7-3-2-4-8-14/h2-13,20,24H,1H3. The molecule has 9 heteroatoms. The molecule has 31 heavy (non-hydrogen) atoms. The number of nitrogens with one attached hydrogen (secondary N) is 1. The largest absolute Gasteiger partial charge is 0.495 e. The van der Waals surface area contributed by atoms with Crippen LogP contribution in [0.1, 0.15) is 17.5 Å². The Morgan fingerprint density at radius 3 is 2.52 bits per heavy atom. The molecule has 1 unspecified atom stereocenters. The minimum atomic E-state index is -0.915. The smallest absolute Gasteiger partial charge is 0.271 e. The van der Waals surface area contributed by atoms with E-state index in [4.69, 9.17) is 9.15 Å². The Morgan fingerprint density at radius 2 is 1.81 bits per heavy atom. The number of non-ortho nitro benzene ring substituents is 1. The van der Waals surface area contributed by atoms with E-state index in [2.05, 4.69) is 15.5 Å². The summed E-state index contributed by atoms with van der Waals surface area (Å²) in [5, 5.41) is 22.5. The molecule has 4 aromatic rings. The predicted octanol–water partition coefficient (Wildman–Crippen LogP) is 4.99. The number of hydrogen-bond acceptors (Lipinski definition) is 7. The molecule has 0 saturated carbocycles. The van der Waals surface area contributed by atoms with Gasteiger partial charge in [0, 0.05) is 23.3 Å². The van der Waals surface area contributed by atoms with Crippen molar-refractivity contribution in [1.82, 2.24) is 10.2 Å². The summed E-state index contributed by atoms with van der Waals surface area (Å²) in [7, 11) is 1.44. The molecule has 0 aliphatic rings. The van der Waals surface area contributed by atoms with Gasteiger partial charge in [-0.2, -0.15) is 0 Å². The van der Waals surface area contributed by atoms with Gasteiger partial charge in [-0.05, 0) is 24.3 Å². The number of nitro benzene ring substituents is 1. The predicted molar refractivity (Wildman–Crippen MR) is 111 cm³/mol. The van der Waals surface area contributed by atoms with Gasteiger partial charge in [-0.25, -0.2) is 4.39 Å². The second-order valence-corrected chi connectivity index (χ2v) is 6.55. The molecule has 1 atom stereocenters. The van der Waals surface area contributed by atoms with Crippen LogP contribution in [0.15, 0.2) is 77.2 Å². The molecule has 0 amide bonds. The van der Waals surface area contributed by atoms with Crippen LogP contribution in [-0.2, 0) is 0 Å². The molecule has 0 bridgehead atoms. The zero-order valence-corrected chi connectivity index (χ0v) is 16.4. The van der Waals surface area contributed by atoms with Crippen molar-refractivity contribution in [3.63, 3.8) is 0 Å². The van der Waals surface area contributed by atoms with Crippen molar-refractivity contribution < 1.29 is 18.5 Å². The van der Waals surface area contributed by atoms with E-state index < -0.39 is 16.8 Å². The fourth-order valence-corrected chi connectivity index (χ4v) is 3.11. The van der Waals surface area contributed by atoms with E-state index in [0.29, 0.717) is 11.3 Å². The highest BCUT2D eigenvalue weighted by atomic mass is 19.1. The van der Waals surface area contributed by atoms with Gasteiger partial charge in [0.2, 0.25) is 11.8 Å². The van der Waals surface area contributed by atoms with Crippen LogP contribution in [0.25, 0.3) is 11.5 Å². The van der Waals surface area contributed by atoms with Crippen LogP contribution in [0.4, 0.5) is 15.8 Å². The lowest BCUT2D eigenvalue weighted by atomic mass is 10.1. The third kappa shape index (κ3) is 4.20. The van der Waals surface area contributed by atoms with Crippen molar-refractivity contribution in [2.24, 2.45) is 0 Å². The van der Waals surface area contributed by atoms with Crippen LogP contribution >= 0.6 is 0 Å². The summed E-state index contributed by atoms with van der Waals surface area (Å²) in [5.74, 6) is 0.209. The lowest BCUT2D eigenvalue weighted by molar-refractivity contribution is -0.384. The highest BCUT2D eigenvalue weighted by Gasteiger charge is 2.26. The Balaban J connectivity index is 1.79. The Kier molecular flexibility index (Phi) is 5.57. The maximum atomic E-state index is 14.7. The van der Waals surface area contributed by atoms with Gasteiger partial charge in [-0.15, -0.1) is 10.2 Å². The number of benzene rings is 3. The average Bonchev–Trinajstić information content (AvgIpc) is 3.28. The van der Waals surface area contributed by atoms with Crippen LogP contribution in [0, 0.1) is 15.9 Å². The molecule has 0 radical (unpaired) electrons. The van der Waals surface area contributed by atoms with Crippen molar-refractivity contribution in [2.45, 2.75) is 6.04 Å². The molecule has 1 heterocycles. The third-order valence-corrected chi connectivity index (χ3v) is 4.62. The van der Waals surface area contributed by atoms with Gasteiger partial charge >= 0.3 is 0 Å². The molecule has 8 nitrogen and oxygen atoms in total. The summed E-state index contributed by atoms with van der Waals surface area (Å²) in [6.07, 6.45) is 0. The molecule has 0 aliphatic carbocycles. The van der Waals surface area contributed by atoms with E-state index in [1.54, 1.807) is 18.2 Å². The van der Waals surface area contributed by atoms with Crippen LogP contribution in [-0.4, -0.2) is 22.2 Å². The SMILES string of the molecule is COc1ccc([N+](=O)[O-])cc1NC(c1nnc(-c2ccccc2)o1)c1ccccc1F. The monoisotopic (exact) mass is 420 g/mol. The highest BCUT2D eigenvalue weighted by Crippen LogP contribution is 2.35. The molecule has 0 spiro atoms. The quantitative estimate of drug-likeness (QED) is 0.332. The second-order valence-electron chi connectivity index (χ2n) is 6.55. The average molecular weight is 420 g/mol. The third-order valence-electron chi connectivity index (χ3n) is 4.62. The lowest BCUT2D eigenvalue weighted by Gasteiger charge is -2.19. The van der Waals surface area contributed by atoms with Crippen LogP contribution in [0.2, 0.25) is 0 Å². The first kappa shape index (κ1) is 20.0. The Labute approximate surface area is 176 Å².